The first-order valence-corrected chi connectivity index (χ1v) is 6.20. The highest BCUT2D eigenvalue weighted by atomic mass is 79.9. The van der Waals surface area contributed by atoms with Gasteiger partial charge in [-0.25, -0.2) is 9.59 Å². The summed E-state index contributed by atoms with van der Waals surface area (Å²) in [6.07, 6.45) is -1.02. The van der Waals surface area contributed by atoms with Gasteiger partial charge in [-0.1, -0.05) is 18.2 Å². The summed E-state index contributed by atoms with van der Waals surface area (Å²) >= 11 is 6.14. The van der Waals surface area contributed by atoms with Gasteiger partial charge in [0.2, 0.25) is 0 Å². The SMILES string of the molecule is O=C1O[C@@H](OC(=O)c2ccccc2)C(Br)=C1Br. The number of benzene rings is 1. The molecule has 4 nitrogen and oxygen atoms in total. The fourth-order valence-electron chi connectivity index (χ4n) is 1.22. The monoisotopic (exact) mass is 360 g/mol. The molecule has 1 aliphatic heterocycles. The van der Waals surface area contributed by atoms with E-state index >= 15 is 0 Å². The molecule has 6 heteroatoms. The number of esters is 2. The first-order chi connectivity index (χ1) is 8.09. The molecule has 0 aliphatic carbocycles. The van der Waals surface area contributed by atoms with Crippen LogP contribution in [0, 0.1) is 0 Å². The van der Waals surface area contributed by atoms with Gasteiger partial charge in [-0.15, -0.1) is 0 Å². The van der Waals surface area contributed by atoms with Crippen molar-refractivity contribution in [3.63, 3.8) is 0 Å². The van der Waals surface area contributed by atoms with Crippen LogP contribution in [0.5, 0.6) is 0 Å². The second-order valence-corrected chi connectivity index (χ2v) is 4.82. The average molecular weight is 362 g/mol. The molecule has 88 valence electrons. The van der Waals surface area contributed by atoms with Gasteiger partial charge in [0.1, 0.15) is 4.48 Å². The van der Waals surface area contributed by atoms with Gasteiger partial charge < -0.3 is 9.47 Å². The van der Waals surface area contributed by atoms with Crippen molar-refractivity contribution in [2.24, 2.45) is 0 Å². The van der Waals surface area contributed by atoms with E-state index < -0.39 is 18.2 Å². The third kappa shape index (κ3) is 2.58. The number of rotatable bonds is 2. The molecule has 1 aliphatic rings. The largest absolute Gasteiger partial charge is 0.416 e. The number of hydrogen-bond acceptors (Lipinski definition) is 4. The summed E-state index contributed by atoms with van der Waals surface area (Å²) in [6.45, 7) is 0. The summed E-state index contributed by atoms with van der Waals surface area (Å²) in [5.41, 5.74) is 0.395. The summed E-state index contributed by atoms with van der Waals surface area (Å²) in [4.78, 5) is 22.9. The topological polar surface area (TPSA) is 52.6 Å². The first-order valence-electron chi connectivity index (χ1n) is 4.62. The Labute approximate surface area is 114 Å². The molecule has 0 saturated heterocycles. The molecule has 1 aromatic carbocycles. The molecule has 17 heavy (non-hydrogen) atoms. The highest BCUT2D eigenvalue weighted by molar-refractivity contribution is 9.14. The molecule has 0 bridgehead atoms. The Hall–Kier alpha value is -1.14. The number of hydrogen-bond donors (Lipinski definition) is 0. The van der Waals surface area contributed by atoms with E-state index in [0.717, 1.165) is 0 Å². The van der Waals surface area contributed by atoms with Gasteiger partial charge >= 0.3 is 11.9 Å². The van der Waals surface area contributed by atoms with Crippen molar-refractivity contribution in [2.75, 3.05) is 0 Å². The van der Waals surface area contributed by atoms with E-state index in [9.17, 15) is 9.59 Å². The maximum Gasteiger partial charge on any atom is 0.349 e. The molecule has 0 unspecified atom stereocenters. The third-order valence-corrected chi connectivity index (χ3v) is 4.09. The summed E-state index contributed by atoms with van der Waals surface area (Å²) in [6, 6.07) is 8.46. The van der Waals surface area contributed by atoms with Crippen molar-refractivity contribution in [1.82, 2.24) is 0 Å². The van der Waals surface area contributed by atoms with Gasteiger partial charge in [-0.05, 0) is 44.0 Å². The molecule has 0 spiro atoms. The van der Waals surface area contributed by atoms with Crippen LogP contribution in [0.3, 0.4) is 0 Å². The Balaban J connectivity index is 2.09. The van der Waals surface area contributed by atoms with Gasteiger partial charge in [0.05, 0.1) is 10.0 Å². The van der Waals surface area contributed by atoms with E-state index in [0.29, 0.717) is 10.0 Å². The van der Waals surface area contributed by atoms with E-state index in [4.69, 9.17) is 9.47 Å². The molecule has 0 saturated carbocycles. The fraction of sp³-hybridized carbons (Fsp3) is 0.0909. The van der Waals surface area contributed by atoms with Crippen molar-refractivity contribution in [3.8, 4) is 0 Å². The van der Waals surface area contributed by atoms with Crippen molar-refractivity contribution < 1.29 is 19.1 Å². The van der Waals surface area contributed by atoms with Gasteiger partial charge in [0.15, 0.2) is 0 Å². The lowest BCUT2D eigenvalue weighted by Gasteiger charge is -2.11. The van der Waals surface area contributed by atoms with Crippen LogP contribution >= 0.6 is 31.9 Å². The highest BCUT2D eigenvalue weighted by Crippen LogP contribution is 2.32. The smallest absolute Gasteiger partial charge is 0.349 e. The number of ether oxygens (including phenoxy) is 2. The zero-order valence-electron chi connectivity index (χ0n) is 8.35. The minimum atomic E-state index is -1.02. The van der Waals surface area contributed by atoms with E-state index in [2.05, 4.69) is 31.9 Å². The average Bonchev–Trinajstić information content (AvgIpc) is 2.58. The lowest BCUT2D eigenvalue weighted by Crippen LogP contribution is -2.19. The zero-order chi connectivity index (χ0) is 12.4. The minimum absolute atomic E-state index is 0.225. The highest BCUT2D eigenvalue weighted by Gasteiger charge is 2.34. The van der Waals surface area contributed by atoms with E-state index in [1.54, 1.807) is 30.3 Å². The summed E-state index contributed by atoms with van der Waals surface area (Å²) in [7, 11) is 0. The number of carbonyl (C=O) groups excluding carboxylic acids is 2. The van der Waals surface area contributed by atoms with Crippen LogP contribution in [0.25, 0.3) is 0 Å². The number of cyclic esters (lactones) is 1. The van der Waals surface area contributed by atoms with Crippen molar-refractivity contribution >= 4 is 43.8 Å². The van der Waals surface area contributed by atoms with Crippen LogP contribution in [0.4, 0.5) is 0 Å². The van der Waals surface area contributed by atoms with Gasteiger partial charge in [-0.3, -0.25) is 0 Å². The van der Waals surface area contributed by atoms with Crippen LogP contribution in [0.2, 0.25) is 0 Å². The Morgan fingerprint density at radius 1 is 1.24 bits per heavy atom. The molecule has 0 fully saturated rings. The van der Waals surface area contributed by atoms with Crippen LogP contribution in [-0.2, 0) is 14.3 Å². The van der Waals surface area contributed by atoms with E-state index in [1.807, 2.05) is 0 Å². The first kappa shape index (κ1) is 12.3. The molecule has 0 N–H and O–H groups in total. The van der Waals surface area contributed by atoms with Gasteiger partial charge in [0, 0.05) is 0 Å². The normalized spacial score (nSPS) is 19.2. The summed E-state index contributed by atoms with van der Waals surface area (Å²) in [5, 5.41) is 0. The standard InChI is InChI=1S/C11H6Br2O4/c12-7-8(13)11(17-10(7)15)16-9(14)6-4-2-1-3-5-6/h1-5,11H/t11-/m1/s1. The Kier molecular flexibility index (Phi) is 3.63. The quantitative estimate of drug-likeness (QED) is 0.760. The van der Waals surface area contributed by atoms with Gasteiger partial charge in [-0.2, -0.15) is 0 Å². The molecule has 0 radical (unpaired) electrons. The third-order valence-electron chi connectivity index (χ3n) is 2.03. The predicted molar refractivity (Wildman–Crippen MR) is 66.6 cm³/mol. The lowest BCUT2D eigenvalue weighted by molar-refractivity contribution is -0.151. The molecule has 1 heterocycles. The van der Waals surface area contributed by atoms with Crippen LogP contribution in [0.15, 0.2) is 39.3 Å². The maximum absolute atomic E-state index is 11.7. The van der Waals surface area contributed by atoms with Crippen molar-refractivity contribution in [1.29, 1.82) is 0 Å². The van der Waals surface area contributed by atoms with Crippen LogP contribution in [-0.4, -0.2) is 18.2 Å². The summed E-state index contributed by atoms with van der Waals surface area (Å²) < 4.78 is 10.5. The predicted octanol–water partition coefficient (Wildman–Crippen LogP) is 2.73. The molecule has 0 amide bonds. The molecule has 0 aromatic heterocycles. The van der Waals surface area contributed by atoms with Crippen molar-refractivity contribution in [3.05, 3.63) is 44.9 Å². The van der Waals surface area contributed by atoms with E-state index in [-0.39, 0.29) is 4.48 Å². The molecule has 1 aromatic rings. The Bertz CT molecular complexity index is 495. The lowest BCUT2D eigenvalue weighted by atomic mass is 10.2. The molecular formula is C11H6Br2O4. The maximum atomic E-state index is 11.7. The second kappa shape index (κ2) is 5.01. The molecular weight excluding hydrogens is 356 g/mol. The zero-order valence-corrected chi connectivity index (χ0v) is 11.5. The number of carbonyl (C=O) groups is 2. The number of halogens is 2. The summed E-state index contributed by atoms with van der Waals surface area (Å²) in [5.74, 6) is -1.12. The minimum Gasteiger partial charge on any atom is -0.416 e. The van der Waals surface area contributed by atoms with Crippen LogP contribution < -0.4 is 0 Å². The Morgan fingerprint density at radius 2 is 1.88 bits per heavy atom. The van der Waals surface area contributed by atoms with Gasteiger partial charge in [0.25, 0.3) is 6.29 Å². The van der Waals surface area contributed by atoms with Crippen LogP contribution in [0.1, 0.15) is 10.4 Å². The molecule has 1 atom stereocenters. The van der Waals surface area contributed by atoms with Crippen molar-refractivity contribution in [2.45, 2.75) is 6.29 Å². The Morgan fingerprint density at radius 3 is 2.41 bits per heavy atom. The second-order valence-electron chi connectivity index (χ2n) is 3.17. The molecule has 2 rings (SSSR count). The fourth-order valence-corrected chi connectivity index (χ4v) is 1.85. The van der Waals surface area contributed by atoms with E-state index in [1.165, 1.54) is 0 Å².